The molecule has 24 heavy (non-hydrogen) atoms. The fourth-order valence-electron chi connectivity index (χ4n) is 2.62. The lowest BCUT2D eigenvalue weighted by atomic mass is 10.1. The van der Waals surface area contributed by atoms with E-state index in [9.17, 15) is 4.79 Å². The van der Waals surface area contributed by atoms with Gasteiger partial charge >= 0.3 is 0 Å². The molecule has 1 aromatic carbocycles. The first-order valence-corrected chi connectivity index (χ1v) is 8.16. The van der Waals surface area contributed by atoms with Gasteiger partial charge in [0.1, 0.15) is 0 Å². The smallest absolute Gasteiger partial charge is 0.227 e. The Bertz CT molecular complexity index is 723. The Morgan fingerprint density at radius 2 is 2.04 bits per heavy atom. The van der Waals surface area contributed by atoms with Crippen LogP contribution in [0, 0.1) is 13.8 Å². The predicted octanol–water partition coefficient (Wildman–Crippen LogP) is 2.69. The summed E-state index contributed by atoms with van der Waals surface area (Å²) in [5.74, 6) is -0.0502. The molecule has 0 radical (unpaired) electrons. The summed E-state index contributed by atoms with van der Waals surface area (Å²) >= 11 is 5.93. The second-order valence-corrected chi connectivity index (χ2v) is 6.00. The number of aliphatic hydroxyl groups excluding tert-OH is 1. The van der Waals surface area contributed by atoms with Crippen LogP contribution in [0.2, 0.25) is 5.02 Å². The van der Waals surface area contributed by atoms with Crippen molar-refractivity contribution in [3.05, 3.63) is 58.9 Å². The molecule has 0 spiro atoms. The van der Waals surface area contributed by atoms with Crippen molar-refractivity contribution in [2.45, 2.75) is 20.3 Å². The average molecular weight is 348 g/mol. The highest BCUT2D eigenvalue weighted by Gasteiger charge is 2.19. The number of amides is 1. The van der Waals surface area contributed by atoms with Crippen molar-refractivity contribution in [2.75, 3.05) is 19.7 Å². The molecule has 1 heterocycles. The van der Waals surface area contributed by atoms with Gasteiger partial charge in [0.05, 0.1) is 24.4 Å². The van der Waals surface area contributed by atoms with Crippen molar-refractivity contribution in [2.24, 2.45) is 0 Å². The molecule has 0 aliphatic rings. The molecule has 0 fully saturated rings. The van der Waals surface area contributed by atoms with Crippen LogP contribution in [0.3, 0.4) is 0 Å². The van der Waals surface area contributed by atoms with E-state index in [0.29, 0.717) is 18.1 Å². The van der Waals surface area contributed by atoms with Crippen LogP contribution in [0.4, 0.5) is 0 Å². The summed E-state index contributed by atoms with van der Waals surface area (Å²) in [5, 5.41) is 14.3. The highest BCUT2D eigenvalue weighted by atomic mass is 35.5. The Kier molecular flexibility index (Phi) is 6.17. The maximum Gasteiger partial charge on any atom is 0.227 e. The van der Waals surface area contributed by atoms with E-state index in [-0.39, 0.29) is 18.9 Å². The molecule has 1 N–H and O–H groups in total. The minimum Gasteiger partial charge on any atom is -0.395 e. The Morgan fingerprint density at radius 3 is 2.62 bits per heavy atom. The number of aliphatic hydroxyl groups is 1. The first-order chi connectivity index (χ1) is 11.5. The van der Waals surface area contributed by atoms with Crippen LogP contribution >= 0.6 is 11.6 Å². The summed E-state index contributed by atoms with van der Waals surface area (Å²) in [4.78, 5) is 14.1. The third kappa shape index (κ3) is 4.04. The van der Waals surface area contributed by atoms with Crippen molar-refractivity contribution >= 4 is 17.5 Å². The van der Waals surface area contributed by atoms with Gasteiger partial charge in [0.25, 0.3) is 0 Å². The van der Waals surface area contributed by atoms with E-state index in [1.807, 2.05) is 42.8 Å². The van der Waals surface area contributed by atoms with Gasteiger partial charge in [0, 0.05) is 29.4 Å². The van der Waals surface area contributed by atoms with Crippen LogP contribution < -0.4 is 0 Å². The van der Waals surface area contributed by atoms with Gasteiger partial charge in [-0.1, -0.05) is 17.7 Å². The molecule has 0 unspecified atom stereocenters. The van der Waals surface area contributed by atoms with Crippen LogP contribution in [0.15, 0.2) is 36.9 Å². The molecule has 0 aliphatic carbocycles. The number of aryl methyl sites for hydroxylation is 1. The van der Waals surface area contributed by atoms with Gasteiger partial charge in [0.2, 0.25) is 5.91 Å². The normalized spacial score (nSPS) is 10.7. The van der Waals surface area contributed by atoms with Crippen LogP contribution in [-0.4, -0.2) is 45.4 Å². The van der Waals surface area contributed by atoms with Gasteiger partial charge in [-0.3, -0.25) is 4.79 Å². The zero-order valence-electron chi connectivity index (χ0n) is 14.0. The zero-order valence-corrected chi connectivity index (χ0v) is 14.8. The Balaban J connectivity index is 2.26. The average Bonchev–Trinajstić information content (AvgIpc) is 2.83. The van der Waals surface area contributed by atoms with Gasteiger partial charge < -0.3 is 10.0 Å². The van der Waals surface area contributed by atoms with E-state index in [1.165, 1.54) is 0 Å². The summed E-state index contributed by atoms with van der Waals surface area (Å²) in [6.07, 6.45) is 1.91. The summed E-state index contributed by atoms with van der Waals surface area (Å²) < 4.78 is 1.82. The third-order valence-corrected chi connectivity index (χ3v) is 4.16. The third-order valence-electron chi connectivity index (χ3n) is 3.91. The topological polar surface area (TPSA) is 58.4 Å². The summed E-state index contributed by atoms with van der Waals surface area (Å²) in [7, 11) is 0. The van der Waals surface area contributed by atoms with E-state index < -0.39 is 0 Å². The highest BCUT2D eigenvalue weighted by Crippen LogP contribution is 2.20. The molecule has 128 valence electrons. The lowest BCUT2D eigenvalue weighted by Crippen LogP contribution is -2.35. The number of nitrogens with zero attached hydrogens (tertiary/aromatic N) is 3. The second-order valence-electron chi connectivity index (χ2n) is 5.57. The van der Waals surface area contributed by atoms with E-state index in [1.54, 1.807) is 11.0 Å². The largest absolute Gasteiger partial charge is 0.395 e. The number of aromatic nitrogens is 2. The molecule has 2 aromatic rings. The second kappa shape index (κ2) is 8.13. The number of carbonyl (C=O) groups excluding carboxylic acids is 1. The fourth-order valence-corrected chi connectivity index (χ4v) is 2.75. The molecule has 0 saturated carbocycles. The molecule has 0 aliphatic heterocycles. The van der Waals surface area contributed by atoms with Gasteiger partial charge in [-0.15, -0.1) is 6.58 Å². The van der Waals surface area contributed by atoms with Crippen LogP contribution in [0.25, 0.3) is 5.69 Å². The monoisotopic (exact) mass is 347 g/mol. The number of halogens is 1. The minimum atomic E-state index is -0.0679. The van der Waals surface area contributed by atoms with E-state index >= 15 is 0 Å². The lowest BCUT2D eigenvalue weighted by molar-refractivity contribution is -0.130. The van der Waals surface area contributed by atoms with Crippen molar-refractivity contribution in [1.82, 2.24) is 14.7 Å². The lowest BCUT2D eigenvalue weighted by Gasteiger charge is -2.20. The van der Waals surface area contributed by atoms with Gasteiger partial charge in [0.15, 0.2) is 0 Å². The molecule has 6 heteroatoms. The molecule has 2 rings (SSSR count). The zero-order chi connectivity index (χ0) is 17.7. The van der Waals surface area contributed by atoms with Gasteiger partial charge in [-0.2, -0.15) is 5.10 Å². The van der Waals surface area contributed by atoms with Crippen molar-refractivity contribution in [1.29, 1.82) is 0 Å². The predicted molar refractivity (Wildman–Crippen MR) is 95.6 cm³/mol. The van der Waals surface area contributed by atoms with Gasteiger partial charge in [-0.05, 0) is 38.1 Å². The first-order valence-electron chi connectivity index (χ1n) is 7.78. The minimum absolute atomic E-state index is 0.0502. The van der Waals surface area contributed by atoms with Crippen molar-refractivity contribution in [3.8, 4) is 5.69 Å². The van der Waals surface area contributed by atoms with E-state index in [4.69, 9.17) is 16.7 Å². The molecular formula is C18H22ClN3O2. The van der Waals surface area contributed by atoms with Crippen LogP contribution in [-0.2, 0) is 11.2 Å². The number of hydrogen-bond acceptors (Lipinski definition) is 3. The van der Waals surface area contributed by atoms with E-state index in [2.05, 4.69) is 11.7 Å². The molecule has 5 nitrogen and oxygen atoms in total. The number of carbonyl (C=O) groups is 1. The Morgan fingerprint density at radius 1 is 1.38 bits per heavy atom. The van der Waals surface area contributed by atoms with E-state index in [0.717, 1.165) is 22.6 Å². The number of hydrogen-bond donors (Lipinski definition) is 1. The SMILES string of the molecule is C=CCN(CCO)C(=O)Cc1c(C)nn(-c2ccc(Cl)cc2)c1C. The van der Waals surface area contributed by atoms with Crippen molar-refractivity contribution < 1.29 is 9.90 Å². The maximum atomic E-state index is 12.5. The molecule has 0 atom stereocenters. The Hall–Kier alpha value is -2.11. The van der Waals surface area contributed by atoms with Crippen molar-refractivity contribution in [3.63, 3.8) is 0 Å². The Labute approximate surface area is 147 Å². The standard InChI is InChI=1S/C18H22ClN3O2/c1-4-9-21(10-11-23)18(24)12-17-13(2)20-22(14(17)3)16-7-5-15(19)6-8-16/h4-8,23H,1,9-12H2,2-3H3. The molecular weight excluding hydrogens is 326 g/mol. The summed E-state index contributed by atoms with van der Waals surface area (Å²) in [6.45, 7) is 8.15. The van der Waals surface area contributed by atoms with Gasteiger partial charge in [-0.25, -0.2) is 4.68 Å². The van der Waals surface area contributed by atoms with Crippen LogP contribution in [0.1, 0.15) is 17.0 Å². The quantitative estimate of drug-likeness (QED) is 0.783. The molecule has 1 amide bonds. The fraction of sp³-hybridized carbons (Fsp3) is 0.333. The summed E-state index contributed by atoms with van der Waals surface area (Å²) in [5.41, 5.74) is 3.54. The summed E-state index contributed by atoms with van der Waals surface area (Å²) in [6, 6.07) is 7.41. The number of benzene rings is 1. The molecule has 0 bridgehead atoms. The first kappa shape index (κ1) is 18.2. The molecule has 0 saturated heterocycles. The molecule has 1 aromatic heterocycles. The highest BCUT2D eigenvalue weighted by molar-refractivity contribution is 6.30. The van der Waals surface area contributed by atoms with Crippen LogP contribution in [0.5, 0.6) is 0 Å². The number of rotatable bonds is 7. The maximum absolute atomic E-state index is 12.5.